The first-order valence-electron chi connectivity index (χ1n) is 8.97. The van der Waals surface area contributed by atoms with Crippen molar-refractivity contribution in [3.8, 4) is 0 Å². The number of fused-ring (bicyclic) bond motifs is 1. The van der Waals surface area contributed by atoms with Crippen molar-refractivity contribution in [2.75, 3.05) is 26.3 Å². The van der Waals surface area contributed by atoms with Crippen LogP contribution in [0.15, 0.2) is 30.6 Å². The third-order valence-electron chi connectivity index (χ3n) is 4.18. The van der Waals surface area contributed by atoms with Gasteiger partial charge in [-0.15, -0.1) is 29.9 Å². The highest BCUT2D eigenvalue weighted by Crippen LogP contribution is 2.13. The second-order valence-corrected chi connectivity index (χ2v) is 7.42. The van der Waals surface area contributed by atoms with E-state index in [-0.39, 0.29) is 37.3 Å². The minimum Gasteiger partial charge on any atom is -0.349 e. The summed E-state index contributed by atoms with van der Waals surface area (Å²) in [6, 6.07) is 5.71. The van der Waals surface area contributed by atoms with E-state index in [0.29, 0.717) is 30.8 Å². The van der Waals surface area contributed by atoms with E-state index >= 15 is 0 Å². The number of amides is 1. The molecule has 0 saturated carbocycles. The number of hydrogen-bond donors (Lipinski definition) is 1. The van der Waals surface area contributed by atoms with E-state index in [9.17, 15) is 9.18 Å². The number of likely N-dealkylation sites (N-methyl/N-ethyl adjacent to an activating group) is 1. The molecule has 0 aliphatic carbocycles. The molecule has 0 unspecified atom stereocenters. The monoisotopic (exact) mass is 567 g/mol. The lowest BCUT2D eigenvalue weighted by Crippen LogP contribution is -2.35. The van der Waals surface area contributed by atoms with Crippen LogP contribution >= 0.6 is 47.4 Å². The van der Waals surface area contributed by atoms with Crippen LogP contribution in [-0.4, -0.2) is 62.1 Å². The molecule has 0 aliphatic heterocycles. The maximum absolute atomic E-state index is 12.4. The lowest BCUT2D eigenvalue weighted by molar-refractivity contribution is 0.0943. The number of carbonyl (C=O) groups is 1. The molecule has 1 aromatic carbocycles. The van der Waals surface area contributed by atoms with Crippen LogP contribution in [0, 0.1) is 3.57 Å². The van der Waals surface area contributed by atoms with Gasteiger partial charge in [0.05, 0.1) is 29.5 Å². The Labute approximate surface area is 200 Å². The Balaban J connectivity index is 0.00000225. The SMILES string of the molecule is CCN(CCNC(=O)c1cnc2cc([125I])ccc2n1)Cc1cn(CCF)nn1.Cl.Cl. The van der Waals surface area contributed by atoms with Crippen LogP contribution in [0.1, 0.15) is 23.1 Å². The minimum absolute atomic E-state index is 0. The maximum atomic E-state index is 12.4. The third-order valence-corrected chi connectivity index (χ3v) is 4.85. The summed E-state index contributed by atoms with van der Waals surface area (Å²) < 4.78 is 14.9. The molecule has 0 aliphatic rings. The highest BCUT2D eigenvalue weighted by molar-refractivity contribution is 14.1. The molecule has 12 heteroatoms. The molecule has 0 fully saturated rings. The van der Waals surface area contributed by atoms with E-state index in [0.717, 1.165) is 21.3 Å². The molecule has 0 bridgehead atoms. The average molecular weight is 568 g/mol. The van der Waals surface area contributed by atoms with E-state index in [1.807, 2.05) is 25.1 Å². The number of nitrogens with zero attached hydrogens (tertiary/aromatic N) is 6. The van der Waals surface area contributed by atoms with Crippen LogP contribution in [0.2, 0.25) is 0 Å². The van der Waals surface area contributed by atoms with Gasteiger partial charge in [-0.1, -0.05) is 12.1 Å². The van der Waals surface area contributed by atoms with Gasteiger partial charge in [0.2, 0.25) is 0 Å². The Morgan fingerprint density at radius 2 is 2.10 bits per heavy atom. The van der Waals surface area contributed by atoms with Crippen molar-refractivity contribution in [3.63, 3.8) is 0 Å². The van der Waals surface area contributed by atoms with Gasteiger partial charge in [0.1, 0.15) is 12.4 Å². The van der Waals surface area contributed by atoms with Crippen LogP contribution < -0.4 is 5.32 Å². The summed E-state index contributed by atoms with van der Waals surface area (Å²) >= 11 is 2.21. The molecule has 2 aromatic heterocycles. The number of nitrogens with one attached hydrogen (secondary N) is 1. The molecule has 164 valence electrons. The Morgan fingerprint density at radius 3 is 2.83 bits per heavy atom. The van der Waals surface area contributed by atoms with Gasteiger partial charge >= 0.3 is 0 Å². The van der Waals surface area contributed by atoms with Crippen LogP contribution in [0.25, 0.3) is 11.0 Å². The molecule has 3 rings (SSSR count). The zero-order valence-corrected chi connectivity index (χ0v) is 20.1. The van der Waals surface area contributed by atoms with Crippen molar-refractivity contribution in [1.29, 1.82) is 0 Å². The van der Waals surface area contributed by atoms with Crippen molar-refractivity contribution in [1.82, 2.24) is 35.2 Å². The molecular weight excluding hydrogens is 545 g/mol. The molecule has 0 atom stereocenters. The summed E-state index contributed by atoms with van der Waals surface area (Å²) in [5.41, 5.74) is 2.53. The summed E-state index contributed by atoms with van der Waals surface area (Å²) in [6.07, 6.45) is 3.24. The molecular formula is C18H23Cl2FIN7O. The predicted octanol–water partition coefficient (Wildman–Crippen LogP) is 2.89. The first-order chi connectivity index (χ1) is 13.6. The summed E-state index contributed by atoms with van der Waals surface area (Å²) in [7, 11) is 0. The first kappa shape index (κ1) is 26.4. The second-order valence-electron chi connectivity index (χ2n) is 6.17. The van der Waals surface area contributed by atoms with E-state index in [4.69, 9.17) is 0 Å². The number of benzene rings is 1. The van der Waals surface area contributed by atoms with Gasteiger partial charge in [-0.05, 0) is 47.3 Å². The maximum Gasteiger partial charge on any atom is 0.271 e. The van der Waals surface area contributed by atoms with E-state index in [1.54, 1.807) is 6.20 Å². The fraction of sp³-hybridized carbons (Fsp3) is 0.389. The van der Waals surface area contributed by atoms with Crippen molar-refractivity contribution in [3.05, 3.63) is 45.6 Å². The standard InChI is InChI=1S/C18H21FIN7O.2ClH/c1-2-26(11-14-12-27(7-5-19)25-24-14)8-6-21-18(28)17-10-22-16-9-13(20)3-4-15(16)23-17;;/h3-4,9-10,12H,2,5-8,11H2,1H3,(H,21,28);2*1H/i20-2;;. The van der Waals surface area contributed by atoms with Crippen LogP contribution in [0.3, 0.4) is 0 Å². The van der Waals surface area contributed by atoms with Crippen molar-refractivity contribution < 1.29 is 9.18 Å². The van der Waals surface area contributed by atoms with Crippen molar-refractivity contribution >= 4 is 64.3 Å². The van der Waals surface area contributed by atoms with Crippen LogP contribution in [0.4, 0.5) is 4.39 Å². The van der Waals surface area contributed by atoms with Gasteiger partial charge in [0, 0.05) is 29.4 Å². The van der Waals surface area contributed by atoms with Crippen molar-refractivity contribution in [2.24, 2.45) is 0 Å². The van der Waals surface area contributed by atoms with Crippen molar-refractivity contribution in [2.45, 2.75) is 20.0 Å². The fourth-order valence-electron chi connectivity index (χ4n) is 2.70. The number of alkyl halides is 1. The van der Waals surface area contributed by atoms with E-state index in [1.165, 1.54) is 10.9 Å². The zero-order chi connectivity index (χ0) is 19.9. The Kier molecular flexibility index (Phi) is 11.4. The third kappa shape index (κ3) is 7.25. The number of rotatable bonds is 9. The van der Waals surface area contributed by atoms with Gasteiger partial charge in [0.25, 0.3) is 5.91 Å². The first-order valence-corrected chi connectivity index (χ1v) is 10.0. The molecule has 8 nitrogen and oxygen atoms in total. The van der Waals surface area contributed by atoms with Crippen LogP contribution in [-0.2, 0) is 13.1 Å². The molecule has 1 amide bonds. The fourth-order valence-corrected chi connectivity index (χ4v) is 3.17. The van der Waals surface area contributed by atoms with Gasteiger partial charge < -0.3 is 5.32 Å². The number of halogens is 4. The average Bonchev–Trinajstić information content (AvgIpc) is 3.14. The molecule has 0 radical (unpaired) electrons. The predicted molar refractivity (Wildman–Crippen MR) is 126 cm³/mol. The molecule has 30 heavy (non-hydrogen) atoms. The number of carbonyl (C=O) groups excluding carboxylic acids is 1. The number of aromatic nitrogens is 5. The lowest BCUT2D eigenvalue weighted by atomic mass is 10.3. The quantitative estimate of drug-likeness (QED) is 0.400. The zero-order valence-electron chi connectivity index (χ0n) is 16.3. The number of aryl methyl sites for hydroxylation is 1. The molecule has 0 spiro atoms. The molecule has 0 saturated heterocycles. The lowest BCUT2D eigenvalue weighted by Gasteiger charge is -2.19. The Morgan fingerprint density at radius 1 is 1.30 bits per heavy atom. The van der Waals surface area contributed by atoms with Gasteiger partial charge in [-0.3, -0.25) is 14.7 Å². The molecule has 3 aromatic rings. The highest BCUT2D eigenvalue weighted by atomic mass is 125. The molecule has 1 N–H and O–H groups in total. The summed E-state index contributed by atoms with van der Waals surface area (Å²) in [4.78, 5) is 23.2. The normalized spacial score (nSPS) is 10.5. The topological polar surface area (TPSA) is 88.8 Å². The Bertz CT molecular complexity index is 959. The molecule has 2 heterocycles. The minimum atomic E-state index is -0.469. The largest absolute Gasteiger partial charge is 0.349 e. The van der Waals surface area contributed by atoms with E-state index in [2.05, 4.69) is 53.1 Å². The highest BCUT2D eigenvalue weighted by Gasteiger charge is 2.11. The summed E-state index contributed by atoms with van der Waals surface area (Å²) in [5.74, 6) is -0.252. The Hall–Kier alpha value is -1.63. The number of hydrogen-bond acceptors (Lipinski definition) is 6. The summed E-state index contributed by atoms with van der Waals surface area (Å²) in [6.45, 7) is 4.27. The van der Waals surface area contributed by atoms with Crippen LogP contribution in [0.5, 0.6) is 0 Å². The van der Waals surface area contributed by atoms with Gasteiger partial charge in [-0.2, -0.15) is 0 Å². The van der Waals surface area contributed by atoms with Gasteiger partial charge in [0.15, 0.2) is 0 Å². The smallest absolute Gasteiger partial charge is 0.271 e. The van der Waals surface area contributed by atoms with Gasteiger partial charge in [-0.25, -0.2) is 14.1 Å². The second kappa shape index (κ2) is 12.9. The van der Waals surface area contributed by atoms with E-state index < -0.39 is 6.67 Å². The summed E-state index contributed by atoms with van der Waals surface area (Å²) in [5, 5.41) is 10.8.